The number of ether oxygens (including phenoxy) is 1. The Morgan fingerprint density at radius 1 is 1.03 bits per heavy atom. The van der Waals surface area contributed by atoms with Crippen LogP contribution in [0.1, 0.15) is 15.9 Å². The number of halogens is 1. The van der Waals surface area contributed by atoms with Crippen LogP contribution in [0.5, 0.6) is 0 Å². The van der Waals surface area contributed by atoms with Gasteiger partial charge in [-0.2, -0.15) is 5.10 Å². The van der Waals surface area contributed by atoms with Gasteiger partial charge in [0, 0.05) is 25.5 Å². The highest BCUT2D eigenvalue weighted by atomic mass is 19.1. The molecule has 1 amide bonds. The minimum atomic E-state index is -0.337. The molecule has 0 atom stereocenters. The quantitative estimate of drug-likeness (QED) is 0.536. The molecule has 0 radical (unpaired) electrons. The summed E-state index contributed by atoms with van der Waals surface area (Å²) >= 11 is 0. The molecule has 1 aromatic heterocycles. The maximum absolute atomic E-state index is 14.5. The van der Waals surface area contributed by atoms with E-state index in [9.17, 15) is 9.18 Å². The van der Waals surface area contributed by atoms with Gasteiger partial charge >= 0.3 is 0 Å². The number of carbonyl (C=O) groups is 1. The second kappa shape index (κ2) is 8.70. The Hall–Kier alpha value is -3.45. The van der Waals surface area contributed by atoms with Crippen LogP contribution >= 0.6 is 0 Å². The van der Waals surface area contributed by atoms with Crippen LogP contribution in [0.4, 0.5) is 10.1 Å². The second-order valence-electron chi connectivity index (χ2n) is 6.62. The smallest absolute Gasteiger partial charge is 0.273 e. The average molecular weight is 392 g/mol. The fourth-order valence-corrected chi connectivity index (χ4v) is 3.28. The first kappa shape index (κ1) is 18.9. The standard InChI is InChI=1S/C22H21FN4O2/c23-19-15-17(7-8-21(19)27-11-13-29-14-12-27)16-24-25-22(28)18-5-1-2-6-20(18)26-9-3-4-10-26/h1-10,15-16H,11-14H2,(H,25,28)/b24-16-. The van der Waals surface area contributed by atoms with Crippen molar-refractivity contribution in [3.8, 4) is 5.69 Å². The van der Waals surface area contributed by atoms with Crippen molar-refractivity contribution in [1.82, 2.24) is 9.99 Å². The summed E-state index contributed by atoms with van der Waals surface area (Å²) in [7, 11) is 0. The van der Waals surface area contributed by atoms with Gasteiger partial charge in [0.05, 0.1) is 36.4 Å². The maximum atomic E-state index is 14.5. The third-order valence-corrected chi connectivity index (χ3v) is 4.73. The lowest BCUT2D eigenvalue weighted by Crippen LogP contribution is -2.36. The van der Waals surface area contributed by atoms with Crippen LogP contribution in [0.3, 0.4) is 0 Å². The first-order chi connectivity index (χ1) is 14.2. The Morgan fingerprint density at radius 2 is 1.79 bits per heavy atom. The normalized spacial score (nSPS) is 14.3. The predicted molar refractivity (Wildman–Crippen MR) is 110 cm³/mol. The van der Waals surface area contributed by atoms with Crippen molar-refractivity contribution in [2.45, 2.75) is 0 Å². The van der Waals surface area contributed by atoms with E-state index in [4.69, 9.17) is 4.74 Å². The van der Waals surface area contributed by atoms with Crippen molar-refractivity contribution in [1.29, 1.82) is 0 Å². The van der Waals surface area contributed by atoms with E-state index in [0.29, 0.717) is 43.1 Å². The lowest BCUT2D eigenvalue weighted by molar-refractivity contribution is 0.0955. The van der Waals surface area contributed by atoms with Crippen molar-refractivity contribution >= 4 is 17.8 Å². The number of hydrogen-bond acceptors (Lipinski definition) is 4. The summed E-state index contributed by atoms with van der Waals surface area (Å²) in [6.07, 6.45) is 5.17. The van der Waals surface area contributed by atoms with Crippen LogP contribution in [-0.4, -0.2) is 43.0 Å². The average Bonchev–Trinajstić information content (AvgIpc) is 3.29. The van der Waals surface area contributed by atoms with Gasteiger partial charge in [-0.1, -0.05) is 18.2 Å². The number of para-hydroxylation sites is 1. The zero-order valence-electron chi connectivity index (χ0n) is 15.8. The summed E-state index contributed by atoms with van der Waals surface area (Å²) in [6, 6.07) is 16.0. The topological polar surface area (TPSA) is 58.9 Å². The fourth-order valence-electron chi connectivity index (χ4n) is 3.28. The Bertz CT molecular complexity index is 1010. The molecule has 1 aliphatic rings. The van der Waals surface area contributed by atoms with Crippen molar-refractivity contribution < 1.29 is 13.9 Å². The molecular formula is C22H21FN4O2. The number of hydrogen-bond donors (Lipinski definition) is 1. The lowest BCUT2D eigenvalue weighted by atomic mass is 10.1. The van der Waals surface area contributed by atoms with E-state index in [1.54, 1.807) is 24.3 Å². The molecule has 7 heteroatoms. The predicted octanol–water partition coefficient (Wildman–Crippen LogP) is 3.22. The van der Waals surface area contributed by atoms with Gasteiger partial charge < -0.3 is 14.2 Å². The highest BCUT2D eigenvalue weighted by Gasteiger charge is 2.15. The van der Waals surface area contributed by atoms with Crippen LogP contribution < -0.4 is 10.3 Å². The Balaban J connectivity index is 1.44. The molecule has 3 aromatic rings. The van der Waals surface area contributed by atoms with Crippen LogP contribution in [0.15, 0.2) is 72.1 Å². The first-order valence-corrected chi connectivity index (χ1v) is 9.40. The molecule has 148 valence electrons. The number of rotatable bonds is 5. The van der Waals surface area contributed by atoms with Gasteiger partial charge in [0.1, 0.15) is 5.82 Å². The molecule has 1 fully saturated rings. The molecule has 0 unspecified atom stereocenters. The number of hydrazone groups is 1. The van der Waals surface area contributed by atoms with E-state index < -0.39 is 0 Å². The minimum absolute atomic E-state index is 0.319. The molecule has 2 aromatic carbocycles. The third-order valence-electron chi connectivity index (χ3n) is 4.73. The highest BCUT2D eigenvalue weighted by molar-refractivity contribution is 5.98. The number of nitrogens with zero attached hydrogens (tertiary/aromatic N) is 3. The third kappa shape index (κ3) is 4.35. The molecule has 0 saturated carbocycles. The van der Waals surface area contributed by atoms with Crippen molar-refractivity contribution in [2.75, 3.05) is 31.2 Å². The van der Waals surface area contributed by atoms with E-state index in [1.165, 1.54) is 12.3 Å². The lowest BCUT2D eigenvalue weighted by Gasteiger charge is -2.29. The number of aromatic nitrogens is 1. The van der Waals surface area contributed by atoms with Gasteiger partial charge in [0.2, 0.25) is 0 Å². The maximum Gasteiger partial charge on any atom is 0.273 e. The summed E-state index contributed by atoms with van der Waals surface area (Å²) in [5.41, 5.74) is 4.88. The second-order valence-corrected chi connectivity index (χ2v) is 6.62. The van der Waals surface area contributed by atoms with Gasteiger partial charge in [-0.3, -0.25) is 4.79 Å². The molecule has 29 heavy (non-hydrogen) atoms. The summed E-state index contributed by atoms with van der Waals surface area (Å²) in [6.45, 7) is 2.53. The zero-order valence-corrected chi connectivity index (χ0v) is 15.8. The summed E-state index contributed by atoms with van der Waals surface area (Å²) < 4.78 is 21.6. The molecule has 6 nitrogen and oxygen atoms in total. The van der Waals surface area contributed by atoms with Gasteiger partial charge in [-0.15, -0.1) is 0 Å². The van der Waals surface area contributed by atoms with E-state index in [-0.39, 0.29) is 11.7 Å². The van der Waals surface area contributed by atoms with Crippen LogP contribution in [0.25, 0.3) is 5.69 Å². The molecule has 0 bridgehead atoms. The molecule has 0 spiro atoms. The minimum Gasteiger partial charge on any atom is -0.378 e. The molecule has 0 aliphatic carbocycles. The van der Waals surface area contributed by atoms with Crippen LogP contribution in [-0.2, 0) is 4.74 Å². The molecule has 4 rings (SSSR count). The van der Waals surface area contributed by atoms with Gasteiger partial charge in [-0.05, 0) is 42.0 Å². The van der Waals surface area contributed by atoms with E-state index in [0.717, 1.165) is 5.69 Å². The Morgan fingerprint density at radius 3 is 2.55 bits per heavy atom. The van der Waals surface area contributed by atoms with Gasteiger partial charge in [-0.25, -0.2) is 9.82 Å². The highest BCUT2D eigenvalue weighted by Crippen LogP contribution is 2.21. The summed E-state index contributed by atoms with van der Waals surface area (Å²) in [4.78, 5) is 14.5. The molecular weight excluding hydrogens is 371 g/mol. The van der Waals surface area contributed by atoms with Crippen molar-refractivity contribution in [3.05, 3.63) is 83.9 Å². The van der Waals surface area contributed by atoms with E-state index in [1.807, 2.05) is 46.1 Å². The number of anilines is 1. The summed E-state index contributed by atoms with van der Waals surface area (Å²) in [5, 5.41) is 3.99. The summed E-state index contributed by atoms with van der Waals surface area (Å²) in [5.74, 6) is -0.656. The van der Waals surface area contributed by atoms with Gasteiger partial charge in [0.25, 0.3) is 5.91 Å². The molecule has 1 saturated heterocycles. The molecule has 1 N–H and O–H groups in total. The van der Waals surface area contributed by atoms with E-state index in [2.05, 4.69) is 10.5 Å². The number of benzene rings is 2. The van der Waals surface area contributed by atoms with Crippen LogP contribution in [0, 0.1) is 5.82 Å². The van der Waals surface area contributed by atoms with Crippen LogP contribution in [0.2, 0.25) is 0 Å². The fraction of sp³-hybridized carbons (Fsp3) is 0.182. The molecule has 1 aliphatic heterocycles. The largest absolute Gasteiger partial charge is 0.378 e. The Kier molecular flexibility index (Phi) is 5.67. The first-order valence-electron chi connectivity index (χ1n) is 9.40. The number of morpholine rings is 1. The zero-order chi connectivity index (χ0) is 20.1. The molecule has 2 heterocycles. The monoisotopic (exact) mass is 392 g/mol. The van der Waals surface area contributed by atoms with Crippen molar-refractivity contribution in [3.63, 3.8) is 0 Å². The number of nitrogens with one attached hydrogen (secondary N) is 1. The number of amides is 1. The van der Waals surface area contributed by atoms with Crippen molar-refractivity contribution in [2.24, 2.45) is 5.10 Å². The Labute approximate surface area is 168 Å². The van der Waals surface area contributed by atoms with E-state index >= 15 is 0 Å². The SMILES string of the molecule is O=C(N/N=C\c1ccc(N2CCOCC2)c(F)c1)c1ccccc1-n1cccc1. The van der Waals surface area contributed by atoms with Gasteiger partial charge in [0.15, 0.2) is 0 Å². The number of carbonyl (C=O) groups excluding carboxylic acids is 1.